The molecule has 2 atom stereocenters. The van der Waals surface area contributed by atoms with Gasteiger partial charge in [0.2, 0.25) is 0 Å². The highest BCUT2D eigenvalue weighted by Crippen LogP contribution is 2.22. The minimum atomic E-state index is -0.343. The Hall–Kier alpha value is -1.10. The van der Waals surface area contributed by atoms with Crippen molar-refractivity contribution in [2.24, 2.45) is 11.8 Å². The zero-order chi connectivity index (χ0) is 33.9. The molecule has 2 unspecified atom stereocenters. The van der Waals surface area contributed by atoms with Gasteiger partial charge in [0.1, 0.15) is 0 Å². The van der Waals surface area contributed by atoms with Gasteiger partial charge in [-0.3, -0.25) is 9.59 Å². The molecule has 1 N–H and O–H groups in total. The van der Waals surface area contributed by atoms with Crippen LogP contribution in [0.2, 0.25) is 0 Å². The number of unbranched alkanes of at least 4 members (excludes halogenated alkanes) is 18. The van der Waals surface area contributed by atoms with Crippen molar-refractivity contribution in [1.82, 2.24) is 0 Å². The Balaban J connectivity index is 4.18. The summed E-state index contributed by atoms with van der Waals surface area (Å²) >= 11 is 0. The summed E-state index contributed by atoms with van der Waals surface area (Å²) in [6.07, 6.45) is 32.9. The third-order valence-electron chi connectivity index (χ3n) is 9.64. The van der Waals surface area contributed by atoms with Crippen molar-refractivity contribution in [2.75, 3.05) is 13.2 Å². The molecule has 0 saturated carbocycles. The first kappa shape index (κ1) is 44.9. The topological polar surface area (TPSA) is 72.8 Å². The molecule has 274 valence electrons. The van der Waals surface area contributed by atoms with Crippen LogP contribution in [0.5, 0.6) is 0 Å². The van der Waals surface area contributed by atoms with E-state index in [0.717, 1.165) is 89.9 Å². The van der Waals surface area contributed by atoms with Crippen molar-refractivity contribution in [3.63, 3.8) is 0 Å². The van der Waals surface area contributed by atoms with Crippen molar-refractivity contribution < 1.29 is 24.2 Å². The fourth-order valence-corrected chi connectivity index (χ4v) is 6.43. The summed E-state index contributed by atoms with van der Waals surface area (Å²) in [5.41, 5.74) is 0. The highest BCUT2D eigenvalue weighted by molar-refractivity contribution is 5.72. The summed E-state index contributed by atoms with van der Waals surface area (Å²) in [5, 5.41) is 10.5. The first-order valence-electron chi connectivity index (χ1n) is 20.5. The summed E-state index contributed by atoms with van der Waals surface area (Å²) in [7, 11) is 0. The lowest BCUT2D eigenvalue weighted by molar-refractivity contribution is -0.150. The van der Waals surface area contributed by atoms with Crippen LogP contribution in [0.4, 0.5) is 0 Å². The van der Waals surface area contributed by atoms with Gasteiger partial charge in [-0.1, -0.05) is 156 Å². The molecular formula is C41H80O5. The Morgan fingerprint density at radius 2 is 0.652 bits per heavy atom. The molecule has 46 heavy (non-hydrogen) atoms. The smallest absolute Gasteiger partial charge is 0.308 e. The summed E-state index contributed by atoms with van der Waals surface area (Å²) in [5.74, 6) is 0.0925. The van der Waals surface area contributed by atoms with Crippen LogP contribution in [0.1, 0.15) is 220 Å². The van der Waals surface area contributed by atoms with Crippen LogP contribution in [0.25, 0.3) is 0 Å². The highest BCUT2D eigenvalue weighted by Gasteiger charge is 2.20. The fourth-order valence-electron chi connectivity index (χ4n) is 6.43. The van der Waals surface area contributed by atoms with E-state index in [2.05, 4.69) is 27.7 Å². The second-order valence-corrected chi connectivity index (χ2v) is 14.2. The average Bonchev–Trinajstić information content (AvgIpc) is 3.05. The van der Waals surface area contributed by atoms with Gasteiger partial charge < -0.3 is 14.6 Å². The van der Waals surface area contributed by atoms with Crippen LogP contribution in [0.15, 0.2) is 0 Å². The standard InChI is InChI=1S/C41H80O5/c1-5-9-13-17-19-23-31-37(29-21-15-11-7-3)40(43)45-35-27-25-33-39(42)34-26-28-36-46-41(44)38(30-22-16-12-8-4)32-24-20-18-14-10-6-2/h37-39,42H,5-36H2,1-4H3. The Labute approximate surface area is 287 Å². The maximum Gasteiger partial charge on any atom is 0.308 e. The summed E-state index contributed by atoms with van der Waals surface area (Å²) in [6, 6.07) is 0. The molecular weight excluding hydrogens is 572 g/mol. The first-order valence-corrected chi connectivity index (χ1v) is 20.5. The van der Waals surface area contributed by atoms with E-state index in [0.29, 0.717) is 13.2 Å². The minimum absolute atomic E-state index is 0.00433. The van der Waals surface area contributed by atoms with Crippen molar-refractivity contribution in [1.29, 1.82) is 0 Å². The second kappa shape index (κ2) is 35.2. The first-order chi connectivity index (χ1) is 22.5. The zero-order valence-corrected chi connectivity index (χ0v) is 31.4. The van der Waals surface area contributed by atoms with Crippen LogP contribution < -0.4 is 0 Å². The maximum atomic E-state index is 12.8. The van der Waals surface area contributed by atoms with Crippen molar-refractivity contribution in [3.8, 4) is 0 Å². The molecule has 0 aromatic heterocycles. The average molecular weight is 653 g/mol. The lowest BCUT2D eigenvalue weighted by Crippen LogP contribution is -2.19. The van der Waals surface area contributed by atoms with E-state index >= 15 is 0 Å². The van der Waals surface area contributed by atoms with E-state index in [1.165, 1.54) is 103 Å². The Morgan fingerprint density at radius 3 is 0.978 bits per heavy atom. The largest absolute Gasteiger partial charge is 0.465 e. The maximum absolute atomic E-state index is 12.8. The lowest BCUT2D eigenvalue weighted by atomic mass is 9.94. The van der Waals surface area contributed by atoms with Crippen LogP contribution in [-0.2, 0) is 19.1 Å². The highest BCUT2D eigenvalue weighted by atomic mass is 16.5. The second-order valence-electron chi connectivity index (χ2n) is 14.2. The van der Waals surface area contributed by atoms with Crippen molar-refractivity contribution in [3.05, 3.63) is 0 Å². The van der Waals surface area contributed by atoms with Crippen molar-refractivity contribution in [2.45, 2.75) is 226 Å². The van der Waals surface area contributed by atoms with Crippen LogP contribution in [-0.4, -0.2) is 36.4 Å². The third kappa shape index (κ3) is 29.1. The van der Waals surface area contributed by atoms with Gasteiger partial charge >= 0.3 is 11.9 Å². The van der Waals surface area contributed by atoms with E-state index in [1.54, 1.807) is 0 Å². The molecule has 0 aliphatic heterocycles. The molecule has 5 nitrogen and oxygen atoms in total. The number of hydrogen-bond donors (Lipinski definition) is 1. The molecule has 0 aromatic rings. The number of ether oxygens (including phenoxy) is 2. The molecule has 0 radical (unpaired) electrons. The summed E-state index contributed by atoms with van der Waals surface area (Å²) < 4.78 is 11.4. The molecule has 0 rings (SSSR count). The molecule has 0 aromatic carbocycles. The number of aliphatic hydroxyl groups excluding tert-OH is 1. The van der Waals surface area contributed by atoms with Gasteiger partial charge in [-0.15, -0.1) is 0 Å². The predicted octanol–water partition coefficient (Wildman–Crippen LogP) is 12.4. The molecule has 0 aliphatic rings. The lowest BCUT2D eigenvalue weighted by Gasteiger charge is -2.17. The van der Waals surface area contributed by atoms with Crippen LogP contribution in [0.3, 0.4) is 0 Å². The Bertz CT molecular complexity index is 597. The Kier molecular flexibility index (Phi) is 34.4. The van der Waals surface area contributed by atoms with Gasteiger partial charge in [-0.05, 0) is 64.2 Å². The number of rotatable bonds is 36. The quantitative estimate of drug-likeness (QED) is 0.0538. The number of aliphatic hydroxyl groups is 1. The molecule has 0 bridgehead atoms. The molecule has 0 spiro atoms. The van der Waals surface area contributed by atoms with E-state index in [1.807, 2.05) is 0 Å². The van der Waals surface area contributed by atoms with E-state index in [-0.39, 0.29) is 29.9 Å². The predicted molar refractivity (Wildman–Crippen MR) is 196 cm³/mol. The zero-order valence-electron chi connectivity index (χ0n) is 31.4. The van der Waals surface area contributed by atoms with Crippen LogP contribution >= 0.6 is 0 Å². The fraction of sp³-hybridized carbons (Fsp3) is 0.951. The summed E-state index contributed by atoms with van der Waals surface area (Å²) in [4.78, 5) is 25.7. The molecule has 0 heterocycles. The normalized spacial score (nSPS) is 13.4. The van der Waals surface area contributed by atoms with E-state index < -0.39 is 0 Å². The third-order valence-corrected chi connectivity index (χ3v) is 9.64. The van der Waals surface area contributed by atoms with Crippen LogP contribution in [0, 0.1) is 11.8 Å². The minimum Gasteiger partial charge on any atom is -0.465 e. The molecule has 5 heteroatoms. The van der Waals surface area contributed by atoms with E-state index in [4.69, 9.17) is 9.47 Å². The van der Waals surface area contributed by atoms with Gasteiger partial charge in [0.25, 0.3) is 0 Å². The number of esters is 2. The molecule has 0 fully saturated rings. The molecule has 0 aliphatic carbocycles. The number of carbonyl (C=O) groups excluding carboxylic acids is 2. The van der Waals surface area contributed by atoms with Gasteiger partial charge in [0, 0.05) is 0 Å². The monoisotopic (exact) mass is 653 g/mol. The summed E-state index contributed by atoms with van der Waals surface area (Å²) in [6.45, 7) is 9.85. The van der Waals surface area contributed by atoms with Crippen molar-refractivity contribution >= 4 is 11.9 Å². The number of carbonyl (C=O) groups is 2. The van der Waals surface area contributed by atoms with Gasteiger partial charge in [0.05, 0.1) is 31.2 Å². The van der Waals surface area contributed by atoms with Gasteiger partial charge in [-0.2, -0.15) is 0 Å². The van der Waals surface area contributed by atoms with Gasteiger partial charge in [-0.25, -0.2) is 0 Å². The van der Waals surface area contributed by atoms with Gasteiger partial charge in [0.15, 0.2) is 0 Å². The molecule has 0 amide bonds. The number of hydrogen-bond acceptors (Lipinski definition) is 5. The SMILES string of the molecule is CCCCCCCCC(CCCCCC)C(=O)OCCCCC(O)CCCCOC(=O)C(CCCCCC)CCCCCCCC. The molecule has 0 saturated heterocycles. The van der Waals surface area contributed by atoms with E-state index in [9.17, 15) is 14.7 Å². The Morgan fingerprint density at radius 1 is 0.391 bits per heavy atom.